The van der Waals surface area contributed by atoms with Gasteiger partial charge in [-0.1, -0.05) is 0 Å². The van der Waals surface area contributed by atoms with Crippen molar-refractivity contribution in [2.45, 2.75) is 71.3 Å². The lowest BCUT2D eigenvalue weighted by Gasteiger charge is -2.24. The number of nitrogens with zero attached hydrogens (tertiary/aromatic N) is 1. The Balaban J connectivity index is 1.83. The van der Waals surface area contributed by atoms with Gasteiger partial charge in [-0.15, -0.1) is 0 Å². The maximum atomic E-state index is 12.4. The van der Waals surface area contributed by atoms with Gasteiger partial charge in [0.15, 0.2) is 0 Å². The molecule has 2 aliphatic rings. The number of carbonyl (C=O) groups excluding carboxylic acids is 1. The van der Waals surface area contributed by atoms with E-state index in [1.54, 1.807) is 0 Å². The third kappa shape index (κ3) is 3.32. The Labute approximate surface area is 133 Å². The van der Waals surface area contributed by atoms with Gasteiger partial charge in [-0.3, -0.25) is 9.78 Å². The topological polar surface area (TPSA) is 54.0 Å². The Kier molecular flexibility index (Phi) is 4.22. The molecule has 4 heteroatoms. The molecule has 0 unspecified atom stereocenters. The number of hydrogen-bond acceptors (Lipinski definition) is 3. The van der Waals surface area contributed by atoms with Crippen LogP contribution in [0.25, 0.3) is 0 Å². The molecule has 0 bridgehead atoms. The van der Waals surface area contributed by atoms with E-state index in [9.17, 15) is 4.79 Å². The third-order valence-corrected chi connectivity index (χ3v) is 4.54. The third-order valence-electron chi connectivity index (χ3n) is 4.54. The van der Waals surface area contributed by atoms with E-state index in [0.717, 1.165) is 37.8 Å². The van der Waals surface area contributed by atoms with Gasteiger partial charge in [0.05, 0.1) is 12.2 Å². The van der Waals surface area contributed by atoms with Crippen molar-refractivity contribution in [2.75, 3.05) is 11.9 Å². The van der Waals surface area contributed by atoms with E-state index in [2.05, 4.69) is 31.4 Å². The van der Waals surface area contributed by atoms with Crippen molar-refractivity contribution >= 4 is 11.6 Å². The molecule has 1 aromatic heterocycles. The van der Waals surface area contributed by atoms with Gasteiger partial charge in [0.2, 0.25) is 5.91 Å². The molecule has 0 aromatic carbocycles. The van der Waals surface area contributed by atoms with Gasteiger partial charge in [0.25, 0.3) is 0 Å². The van der Waals surface area contributed by atoms with E-state index >= 15 is 0 Å². The molecule has 0 radical (unpaired) electrons. The van der Waals surface area contributed by atoms with Crippen LogP contribution in [-0.4, -0.2) is 23.0 Å². The molecule has 0 saturated heterocycles. The van der Waals surface area contributed by atoms with Crippen LogP contribution in [0.5, 0.6) is 0 Å². The van der Waals surface area contributed by atoms with Crippen molar-refractivity contribution in [3.63, 3.8) is 0 Å². The first-order chi connectivity index (χ1) is 10.4. The number of hydrogen-bond donors (Lipinski definition) is 2. The molecule has 1 heterocycles. The molecule has 0 spiro atoms. The number of anilines is 1. The molecule has 2 aliphatic carbocycles. The lowest BCUT2D eigenvalue weighted by Crippen LogP contribution is -2.41. The molecular weight excluding hydrogens is 274 g/mol. The summed E-state index contributed by atoms with van der Waals surface area (Å²) in [7, 11) is 0. The van der Waals surface area contributed by atoms with Crippen molar-refractivity contribution in [3.8, 4) is 0 Å². The zero-order valence-electron chi connectivity index (χ0n) is 14.0. The van der Waals surface area contributed by atoms with Crippen LogP contribution in [0.15, 0.2) is 0 Å². The lowest BCUT2D eigenvalue weighted by atomic mass is 9.92. The largest absolute Gasteiger partial charge is 0.324 e. The van der Waals surface area contributed by atoms with Crippen molar-refractivity contribution in [1.29, 1.82) is 0 Å². The first-order valence-electron chi connectivity index (χ1n) is 8.52. The molecule has 4 nitrogen and oxygen atoms in total. The predicted octanol–water partition coefficient (Wildman–Crippen LogP) is 2.78. The second-order valence-corrected chi connectivity index (χ2v) is 7.55. The molecule has 22 heavy (non-hydrogen) atoms. The van der Waals surface area contributed by atoms with Crippen molar-refractivity contribution in [1.82, 2.24) is 10.3 Å². The Morgan fingerprint density at radius 3 is 2.27 bits per heavy atom. The number of rotatable bonds is 3. The van der Waals surface area contributed by atoms with Gasteiger partial charge >= 0.3 is 0 Å². The summed E-state index contributed by atoms with van der Waals surface area (Å²) >= 11 is 0. The molecule has 0 fully saturated rings. The first kappa shape index (κ1) is 15.5. The second kappa shape index (κ2) is 5.99. The zero-order chi connectivity index (χ0) is 15.7. The minimum Gasteiger partial charge on any atom is -0.324 e. The van der Waals surface area contributed by atoms with Crippen LogP contribution < -0.4 is 10.6 Å². The molecule has 120 valence electrons. The van der Waals surface area contributed by atoms with E-state index in [0.29, 0.717) is 6.54 Å². The summed E-state index contributed by atoms with van der Waals surface area (Å²) < 4.78 is 0. The standard InChI is InChI=1S/C18H27N3O/c1-18(2,3)19-11-16(22)21-17-12-7-4-5-9-14(12)20-15-10-6-8-13(15)17/h19H,4-11H2,1-3H3,(H,20,21,22). The second-order valence-electron chi connectivity index (χ2n) is 7.55. The van der Waals surface area contributed by atoms with Gasteiger partial charge in [-0.05, 0) is 76.8 Å². The van der Waals surface area contributed by atoms with E-state index in [1.807, 2.05) is 0 Å². The van der Waals surface area contributed by atoms with Crippen molar-refractivity contribution in [3.05, 3.63) is 22.5 Å². The molecule has 1 aromatic rings. The molecular formula is C18H27N3O. The Morgan fingerprint density at radius 2 is 1.59 bits per heavy atom. The summed E-state index contributed by atoms with van der Waals surface area (Å²) in [5.74, 6) is 0.0583. The van der Waals surface area contributed by atoms with Gasteiger partial charge in [-0.25, -0.2) is 0 Å². The molecule has 0 saturated carbocycles. The molecule has 1 amide bonds. The number of amides is 1. The smallest absolute Gasteiger partial charge is 0.238 e. The summed E-state index contributed by atoms with van der Waals surface area (Å²) in [5.41, 5.74) is 6.10. The molecule has 0 aliphatic heterocycles. The SMILES string of the molecule is CC(C)(C)NCC(=O)Nc1c2c(nc3c1CCC3)CCCC2. The summed E-state index contributed by atoms with van der Waals surface area (Å²) in [6.07, 6.45) is 7.82. The lowest BCUT2D eigenvalue weighted by molar-refractivity contribution is -0.115. The van der Waals surface area contributed by atoms with Crippen LogP contribution in [-0.2, 0) is 30.5 Å². The van der Waals surface area contributed by atoms with E-state index < -0.39 is 0 Å². The highest BCUT2D eigenvalue weighted by Gasteiger charge is 2.25. The van der Waals surface area contributed by atoms with Gasteiger partial charge in [0, 0.05) is 16.9 Å². The number of nitrogens with one attached hydrogen (secondary N) is 2. The number of aromatic nitrogens is 1. The highest BCUT2D eigenvalue weighted by molar-refractivity contribution is 5.94. The predicted molar refractivity (Wildman–Crippen MR) is 89.3 cm³/mol. The Bertz CT molecular complexity index is 587. The van der Waals surface area contributed by atoms with Crippen LogP contribution >= 0.6 is 0 Å². The summed E-state index contributed by atoms with van der Waals surface area (Å²) in [5, 5.41) is 6.46. The quantitative estimate of drug-likeness (QED) is 0.902. The Hall–Kier alpha value is -1.42. The zero-order valence-corrected chi connectivity index (χ0v) is 14.0. The van der Waals surface area contributed by atoms with Crippen LogP contribution in [0.4, 0.5) is 5.69 Å². The van der Waals surface area contributed by atoms with Crippen LogP contribution in [0, 0.1) is 0 Å². The summed E-state index contributed by atoms with van der Waals surface area (Å²) in [6, 6.07) is 0. The molecule has 2 N–H and O–H groups in total. The van der Waals surface area contributed by atoms with Gasteiger partial charge < -0.3 is 10.6 Å². The summed E-state index contributed by atoms with van der Waals surface area (Å²) in [6.45, 7) is 6.58. The van der Waals surface area contributed by atoms with Crippen LogP contribution in [0.1, 0.15) is 62.5 Å². The van der Waals surface area contributed by atoms with Crippen LogP contribution in [0.3, 0.4) is 0 Å². The normalized spacial score (nSPS) is 17.0. The number of fused-ring (bicyclic) bond motifs is 2. The van der Waals surface area contributed by atoms with Gasteiger partial charge in [-0.2, -0.15) is 0 Å². The van der Waals surface area contributed by atoms with E-state index in [-0.39, 0.29) is 11.4 Å². The average molecular weight is 301 g/mol. The maximum absolute atomic E-state index is 12.4. The molecule has 3 rings (SSSR count). The Morgan fingerprint density at radius 1 is 1.00 bits per heavy atom. The van der Waals surface area contributed by atoms with E-state index in [4.69, 9.17) is 4.98 Å². The highest BCUT2D eigenvalue weighted by Crippen LogP contribution is 2.35. The fourth-order valence-corrected chi connectivity index (χ4v) is 3.43. The van der Waals surface area contributed by atoms with E-state index in [1.165, 1.54) is 35.4 Å². The maximum Gasteiger partial charge on any atom is 0.238 e. The van der Waals surface area contributed by atoms with Crippen molar-refractivity contribution in [2.24, 2.45) is 0 Å². The van der Waals surface area contributed by atoms with Crippen LogP contribution in [0.2, 0.25) is 0 Å². The summed E-state index contributed by atoms with van der Waals surface area (Å²) in [4.78, 5) is 17.2. The first-order valence-corrected chi connectivity index (χ1v) is 8.52. The minimum absolute atomic E-state index is 0.0447. The highest BCUT2D eigenvalue weighted by atomic mass is 16.1. The fourth-order valence-electron chi connectivity index (χ4n) is 3.43. The van der Waals surface area contributed by atoms with Gasteiger partial charge in [0.1, 0.15) is 0 Å². The number of carbonyl (C=O) groups is 1. The van der Waals surface area contributed by atoms with Crippen molar-refractivity contribution < 1.29 is 4.79 Å². The average Bonchev–Trinajstić information content (AvgIpc) is 2.92. The fraction of sp³-hybridized carbons (Fsp3) is 0.667. The molecule has 0 atom stereocenters. The minimum atomic E-state index is -0.0447. The number of pyridine rings is 1. The number of aryl methyl sites for hydroxylation is 2. The monoisotopic (exact) mass is 301 g/mol.